The number of hydrogen-bond acceptors (Lipinski definition) is 8. The molecule has 1 aliphatic heterocycles. The number of hydrogen-bond donors (Lipinski definition) is 1. The van der Waals surface area contributed by atoms with Crippen LogP contribution >= 0.6 is 116 Å². The number of carbonyl (C=O) groups is 3. The monoisotopic (exact) mass is 938 g/mol. The molecule has 4 heterocycles. The molecule has 1 N–H and O–H groups in total. The van der Waals surface area contributed by atoms with E-state index in [0.29, 0.717) is 13.2 Å². The van der Waals surface area contributed by atoms with Crippen LogP contribution in [-0.2, 0) is 14.3 Å². The van der Waals surface area contributed by atoms with Gasteiger partial charge in [0, 0.05) is 30.5 Å². The lowest BCUT2D eigenvalue weighted by molar-refractivity contribution is -0.134. The van der Waals surface area contributed by atoms with Crippen molar-refractivity contribution in [1.82, 2.24) is 0 Å². The van der Waals surface area contributed by atoms with Crippen LogP contribution in [0.5, 0.6) is 0 Å². The molecule has 0 atom stereocenters. The van der Waals surface area contributed by atoms with Gasteiger partial charge in [-0.2, -0.15) is 0 Å². The van der Waals surface area contributed by atoms with Crippen LogP contribution in [-0.4, -0.2) is 36.9 Å². The molecular formula is C24H32Br5O6PS3. The first-order valence-electron chi connectivity index (χ1n) is 9.99. The van der Waals surface area contributed by atoms with Gasteiger partial charge in [-0.25, -0.2) is 0 Å². The Kier molecular flexibility index (Phi) is 28.5. The van der Waals surface area contributed by atoms with Crippen molar-refractivity contribution in [2.75, 3.05) is 13.2 Å². The number of ether oxygens (including phenoxy) is 2. The maximum Gasteiger partial charge on any atom is 0.300 e. The maximum atomic E-state index is 10.2. The number of thiophene rings is 3. The zero-order valence-electron chi connectivity index (χ0n) is 20.0. The van der Waals surface area contributed by atoms with Gasteiger partial charge in [0.25, 0.3) is 5.97 Å². The minimum Gasteiger partial charge on any atom is -0.481 e. The van der Waals surface area contributed by atoms with Crippen molar-refractivity contribution in [1.29, 1.82) is 0 Å². The summed E-state index contributed by atoms with van der Waals surface area (Å²) < 4.78 is 12.7. The average Bonchev–Trinajstić information content (AvgIpc) is 3.59. The van der Waals surface area contributed by atoms with Crippen molar-refractivity contribution >= 4 is 135 Å². The van der Waals surface area contributed by atoms with E-state index in [1.54, 1.807) is 11.3 Å². The van der Waals surface area contributed by atoms with Gasteiger partial charge in [0.05, 0.1) is 27.8 Å². The topological polar surface area (TPSA) is 89.9 Å². The summed E-state index contributed by atoms with van der Waals surface area (Å²) in [5.74, 6) is -0.833. The Morgan fingerprint density at radius 3 is 1.59 bits per heavy atom. The van der Waals surface area contributed by atoms with E-state index in [9.17, 15) is 9.59 Å². The highest BCUT2D eigenvalue weighted by atomic mass is 80.0. The lowest BCUT2D eigenvalue weighted by Crippen LogP contribution is -1.93. The number of aliphatic carboxylic acids is 1. The fourth-order valence-electron chi connectivity index (χ4n) is 2.18. The van der Waals surface area contributed by atoms with Gasteiger partial charge in [0.15, 0.2) is 18.9 Å². The third-order valence-electron chi connectivity index (χ3n) is 3.60. The highest BCUT2D eigenvalue weighted by molar-refractivity contribution is 9.93. The summed E-state index contributed by atoms with van der Waals surface area (Å²) in [4.78, 5) is 35.5. The highest BCUT2D eigenvalue weighted by Crippen LogP contribution is 2.59. The molecule has 1 fully saturated rings. The number of aldehydes is 2. The summed E-state index contributed by atoms with van der Waals surface area (Å²) in [5, 5.41) is 7.42. The lowest BCUT2D eigenvalue weighted by atomic mass is 10.4. The molecule has 0 spiro atoms. The Bertz CT molecular complexity index is 1050. The molecule has 3 aromatic rings. The van der Waals surface area contributed by atoms with Crippen molar-refractivity contribution in [2.45, 2.75) is 48.8 Å². The van der Waals surface area contributed by atoms with E-state index in [4.69, 9.17) is 19.4 Å². The molecular weight excluding hydrogens is 911 g/mol. The molecule has 4 rings (SSSR count). The number of carbonyl (C=O) groups excluding carboxylic acids is 2. The summed E-state index contributed by atoms with van der Waals surface area (Å²) >= 11 is 21.0. The molecule has 39 heavy (non-hydrogen) atoms. The number of carboxylic acid groups (broad SMARTS) is 1. The number of aryl methyl sites for hydroxylation is 3. The predicted octanol–water partition coefficient (Wildman–Crippen LogP) is 12.1. The third kappa shape index (κ3) is 21.9. The molecule has 0 saturated carbocycles. The zero-order valence-corrected chi connectivity index (χ0v) is 31.3. The number of halogens is 5. The SMILES string of the molecule is BrP(Br)Br.C.C.CC(=O)O.Cc1ccc(C=O)s1.Cc1sc(C2OCCO2)cc1Br.Cc1sc(C=O)cc1Br. The van der Waals surface area contributed by atoms with Crippen molar-refractivity contribution < 1.29 is 29.0 Å². The first-order valence-corrected chi connectivity index (χ1v) is 21.4. The number of carboxylic acids is 1. The van der Waals surface area contributed by atoms with E-state index in [-0.39, 0.29) is 25.2 Å². The van der Waals surface area contributed by atoms with E-state index in [1.807, 2.05) is 32.0 Å². The molecule has 6 nitrogen and oxygen atoms in total. The van der Waals surface area contributed by atoms with Crippen molar-refractivity contribution in [3.05, 3.63) is 62.5 Å². The van der Waals surface area contributed by atoms with E-state index < -0.39 is 5.97 Å². The van der Waals surface area contributed by atoms with Crippen LogP contribution in [0.3, 0.4) is 0 Å². The van der Waals surface area contributed by atoms with Crippen LogP contribution in [0, 0.1) is 20.8 Å². The van der Waals surface area contributed by atoms with Crippen LogP contribution in [0.25, 0.3) is 0 Å². The number of rotatable bonds is 3. The van der Waals surface area contributed by atoms with Crippen LogP contribution < -0.4 is 0 Å². The molecule has 15 heteroatoms. The van der Waals surface area contributed by atoms with Gasteiger partial charge in [-0.3, -0.25) is 14.4 Å². The van der Waals surface area contributed by atoms with Crippen molar-refractivity contribution in [3.63, 3.8) is 0 Å². The Morgan fingerprint density at radius 2 is 1.33 bits per heavy atom. The van der Waals surface area contributed by atoms with E-state index >= 15 is 0 Å². The van der Waals surface area contributed by atoms with Gasteiger partial charge < -0.3 is 14.6 Å². The van der Waals surface area contributed by atoms with Gasteiger partial charge in [-0.1, -0.05) is 14.9 Å². The molecule has 3 aromatic heterocycles. The van der Waals surface area contributed by atoms with E-state index in [1.165, 1.54) is 32.4 Å². The standard InChI is InChI=1S/C8H9BrO2S.C6H5BrOS.C6H6OS.C2H4O2.2CH4.Br3P/c1-5-6(9)4-7(12-5)8-10-2-3-11-8;1-4-6(7)2-5(3-8)9-4;1-5-2-3-6(4-7)8-5;1-2(3)4;;;1-4(2)3/h4,8H,2-3H2,1H3;2-3H,1H3;2-4H,1H3;1H3,(H,3,4);2*1H4;. The minimum absolute atomic E-state index is 0. The smallest absolute Gasteiger partial charge is 0.300 e. The summed E-state index contributed by atoms with van der Waals surface area (Å²) in [6.07, 6.45) is 1.61. The second-order valence-corrected chi connectivity index (χ2v) is 27.5. The predicted molar refractivity (Wildman–Crippen MR) is 188 cm³/mol. The first-order chi connectivity index (χ1) is 17.3. The fraction of sp³-hybridized carbons (Fsp3) is 0.375. The second-order valence-electron chi connectivity index (χ2n) is 6.57. The second kappa shape index (κ2) is 25.2. The normalized spacial score (nSPS) is 11.4. The molecule has 0 aliphatic carbocycles. The van der Waals surface area contributed by atoms with E-state index in [2.05, 4.69) is 91.3 Å². The van der Waals surface area contributed by atoms with Gasteiger partial charge in [0.2, 0.25) is 0 Å². The Balaban J connectivity index is -0.000000436. The molecule has 0 bridgehead atoms. The van der Waals surface area contributed by atoms with Crippen LogP contribution in [0.1, 0.15) is 66.9 Å². The van der Waals surface area contributed by atoms with Gasteiger partial charge >= 0.3 is 0 Å². The van der Waals surface area contributed by atoms with Crippen molar-refractivity contribution in [2.24, 2.45) is 0 Å². The van der Waals surface area contributed by atoms with Gasteiger partial charge in [0.1, 0.15) is 4.03 Å². The van der Waals surface area contributed by atoms with Gasteiger partial charge in [-0.15, -0.1) is 34.0 Å². The zero-order chi connectivity index (χ0) is 28.5. The molecule has 0 aromatic carbocycles. The summed E-state index contributed by atoms with van der Waals surface area (Å²) in [7, 11) is 0. The van der Waals surface area contributed by atoms with Crippen LogP contribution in [0.2, 0.25) is 0 Å². The summed E-state index contributed by atoms with van der Waals surface area (Å²) in [5.41, 5.74) is 0. The van der Waals surface area contributed by atoms with Crippen molar-refractivity contribution in [3.8, 4) is 0 Å². The minimum atomic E-state index is -0.833. The average molecular weight is 943 g/mol. The molecule has 1 saturated heterocycles. The summed E-state index contributed by atoms with van der Waals surface area (Å²) in [6.45, 7) is 8.53. The largest absolute Gasteiger partial charge is 0.481 e. The Morgan fingerprint density at radius 1 is 0.897 bits per heavy atom. The quantitative estimate of drug-likeness (QED) is 0.208. The third-order valence-corrected chi connectivity index (χ3v) is 8.75. The summed E-state index contributed by atoms with van der Waals surface area (Å²) in [6, 6.07) is 7.66. The first kappa shape index (κ1) is 44.1. The molecule has 1 aliphatic rings. The molecule has 0 unspecified atom stereocenters. The molecule has 0 amide bonds. The molecule has 222 valence electrons. The Hall–Kier alpha value is 0.660. The Labute approximate surface area is 285 Å². The maximum absolute atomic E-state index is 10.2. The van der Waals surface area contributed by atoms with E-state index in [0.717, 1.165) is 48.0 Å². The fourth-order valence-corrected chi connectivity index (χ4v) is 5.80. The molecule has 0 radical (unpaired) electrons. The highest BCUT2D eigenvalue weighted by Gasteiger charge is 2.20. The van der Waals surface area contributed by atoms with Crippen LogP contribution in [0.4, 0.5) is 0 Å². The lowest BCUT2D eigenvalue weighted by Gasteiger charge is -2.04. The van der Waals surface area contributed by atoms with Gasteiger partial charge in [-0.05, 0) is 123 Å². The van der Waals surface area contributed by atoms with Crippen LogP contribution in [0.15, 0.2) is 33.2 Å².